The third-order valence-corrected chi connectivity index (χ3v) is 6.61. The molecule has 0 bridgehead atoms. The lowest BCUT2D eigenvalue weighted by molar-refractivity contribution is -0.163. The molecule has 2 saturated carbocycles. The van der Waals surface area contributed by atoms with Gasteiger partial charge in [0.05, 0.1) is 28.9 Å². The van der Waals surface area contributed by atoms with Crippen LogP contribution >= 0.6 is 0 Å². The van der Waals surface area contributed by atoms with Gasteiger partial charge < -0.3 is 14.9 Å². The zero-order valence-corrected chi connectivity index (χ0v) is 18.8. The molecule has 0 unspecified atom stereocenters. The Balaban J connectivity index is 1.38. The van der Waals surface area contributed by atoms with Crippen molar-refractivity contribution in [1.29, 1.82) is 0 Å². The molecule has 8 heteroatoms. The van der Waals surface area contributed by atoms with Crippen molar-refractivity contribution in [1.82, 2.24) is 14.8 Å². The van der Waals surface area contributed by atoms with Crippen molar-refractivity contribution in [3.8, 4) is 0 Å². The van der Waals surface area contributed by atoms with Crippen LogP contribution in [-0.2, 0) is 20.9 Å². The lowest BCUT2D eigenvalue weighted by atomic mass is 9.76. The molecule has 0 amide bonds. The molecular formula is C23H31N5O3. The van der Waals surface area contributed by atoms with E-state index in [1.165, 1.54) is 6.42 Å². The highest BCUT2D eigenvalue weighted by Gasteiger charge is 2.45. The van der Waals surface area contributed by atoms with E-state index in [1.807, 2.05) is 37.8 Å². The molecule has 1 N–H and O–H groups in total. The van der Waals surface area contributed by atoms with Gasteiger partial charge in [0.1, 0.15) is 11.2 Å². The Morgan fingerprint density at radius 2 is 2.10 bits per heavy atom. The molecule has 0 radical (unpaired) electrons. The van der Waals surface area contributed by atoms with Crippen LogP contribution in [0.15, 0.2) is 17.5 Å². The minimum absolute atomic E-state index is 0.0544. The van der Waals surface area contributed by atoms with Crippen LogP contribution in [0.25, 0.3) is 11.0 Å². The number of carbonyl (C=O) groups excluding carboxylic acids is 1. The number of hydrogen-bond donors (Lipinski definition) is 1. The van der Waals surface area contributed by atoms with Gasteiger partial charge in [-0.15, -0.1) is 0 Å². The van der Waals surface area contributed by atoms with Gasteiger partial charge in [-0.05, 0) is 59.8 Å². The lowest BCUT2D eigenvalue weighted by Crippen LogP contribution is -2.42. The van der Waals surface area contributed by atoms with Crippen molar-refractivity contribution in [3.05, 3.63) is 18.0 Å². The van der Waals surface area contributed by atoms with E-state index in [2.05, 4.69) is 22.5 Å². The van der Waals surface area contributed by atoms with Crippen LogP contribution in [0.4, 0.5) is 5.69 Å². The molecule has 166 valence electrons. The third-order valence-electron chi connectivity index (χ3n) is 6.61. The van der Waals surface area contributed by atoms with Gasteiger partial charge in [0.15, 0.2) is 5.65 Å². The third kappa shape index (κ3) is 3.66. The van der Waals surface area contributed by atoms with Gasteiger partial charge in [0.25, 0.3) is 0 Å². The van der Waals surface area contributed by atoms with E-state index in [0.717, 1.165) is 66.6 Å². The number of nitrogens with zero attached hydrogens (tertiary/aromatic N) is 4. The second-order valence-corrected chi connectivity index (χ2v) is 10.1. The fourth-order valence-electron chi connectivity index (χ4n) is 4.66. The highest BCUT2D eigenvalue weighted by Crippen LogP contribution is 2.44. The number of pyridine rings is 1. The second-order valence-electron chi connectivity index (χ2n) is 10.1. The van der Waals surface area contributed by atoms with Gasteiger partial charge in [0, 0.05) is 30.8 Å². The maximum absolute atomic E-state index is 12.4. The van der Waals surface area contributed by atoms with Crippen molar-refractivity contribution in [2.24, 2.45) is 11.1 Å². The fraction of sp³-hybridized carbons (Fsp3) is 0.652. The molecule has 0 atom stereocenters. The molecule has 2 aromatic rings. The van der Waals surface area contributed by atoms with Crippen LogP contribution in [-0.4, -0.2) is 43.7 Å². The lowest BCUT2D eigenvalue weighted by Gasteiger charge is -2.37. The number of ether oxygens (including phenoxy) is 1. The molecule has 2 aromatic heterocycles. The van der Waals surface area contributed by atoms with Gasteiger partial charge >= 0.3 is 5.97 Å². The maximum atomic E-state index is 12.4. The monoisotopic (exact) mass is 425 g/mol. The number of oxime groups is 1. The largest absolute Gasteiger partial charge is 0.460 e. The standard InChI is InChI=1S/C23H31N5O3/c1-5-28-20-17(13-25-28)19(26-15-9-14(10-15)21(29)30-22(2,3)4)16(12-24-20)18-11-23(31-27-18)7-6-8-23/h12-15H,5-11H2,1-4H3,(H,24,26). The molecule has 31 heavy (non-hydrogen) atoms. The van der Waals surface area contributed by atoms with Gasteiger partial charge in [-0.2, -0.15) is 5.10 Å². The average molecular weight is 426 g/mol. The van der Waals surface area contributed by atoms with Crippen LogP contribution in [0.5, 0.6) is 0 Å². The Morgan fingerprint density at radius 3 is 2.71 bits per heavy atom. The first kappa shape index (κ1) is 20.3. The first-order valence-electron chi connectivity index (χ1n) is 11.4. The molecule has 2 fully saturated rings. The Bertz CT molecular complexity index is 1040. The highest BCUT2D eigenvalue weighted by atomic mass is 16.7. The number of aromatic nitrogens is 3. The molecule has 1 spiro atoms. The number of anilines is 1. The smallest absolute Gasteiger partial charge is 0.309 e. The van der Waals surface area contributed by atoms with Crippen LogP contribution in [0, 0.1) is 5.92 Å². The zero-order valence-electron chi connectivity index (χ0n) is 18.8. The van der Waals surface area contributed by atoms with Gasteiger partial charge in [-0.25, -0.2) is 9.67 Å². The molecular weight excluding hydrogens is 394 g/mol. The van der Waals surface area contributed by atoms with Gasteiger partial charge in [-0.3, -0.25) is 4.79 Å². The number of nitrogens with one attached hydrogen (secondary N) is 1. The van der Waals surface area contributed by atoms with Gasteiger partial charge in [-0.1, -0.05) is 5.16 Å². The number of aryl methyl sites for hydroxylation is 1. The number of carbonyl (C=O) groups is 1. The van der Waals surface area contributed by atoms with E-state index in [0.29, 0.717) is 0 Å². The molecule has 2 aliphatic carbocycles. The van der Waals surface area contributed by atoms with Crippen LogP contribution in [0.3, 0.4) is 0 Å². The molecule has 8 nitrogen and oxygen atoms in total. The normalized spacial score (nSPS) is 24.3. The van der Waals surface area contributed by atoms with E-state index in [-0.39, 0.29) is 23.5 Å². The van der Waals surface area contributed by atoms with E-state index in [4.69, 9.17) is 14.6 Å². The Hall–Kier alpha value is -2.64. The zero-order chi connectivity index (χ0) is 21.8. The van der Waals surface area contributed by atoms with Crippen LogP contribution < -0.4 is 5.32 Å². The Kier molecular flexibility index (Phi) is 4.71. The molecule has 5 rings (SSSR count). The first-order valence-corrected chi connectivity index (χ1v) is 11.4. The van der Waals surface area contributed by atoms with E-state index in [1.54, 1.807) is 0 Å². The van der Waals surface area contributed by atoms with E-state index < -0.39 is 5.60 Å². The molecule has 1 aliphatic heterocycles. The summed E-state index contributed by atoms with van der Waals surface area (Å²) < 4.78 is 7.45. The molecule has 0 saturated heterocycles. The minimum Gasteiger partial charge on any atom is -0.460 e. The van der Waals surface area contributed by atoms with Crippen LogP contribution in [0.2, 0.25) is 0 Å². The molecule has 0 aromatic carbocycles. The molecule has 3 aliphatic rings. The van der Waals surface area contributed by atoms with Crippen molar-refractivity contribution in [2.45, 2.75) is 90.0 Å². The number of rotatable bonds is 5. The predicted octanol–water partition coefficient (Wildman–Crippen LogP) is 4.03. The quantitative estimate of drug-likeness (QED) is 0.728. The summed E-state index contributed by atoms with van der Waals surface area (Å²) in [5.74, 6) is -0.161. The molecule has 3 heterocycles. The average Bonchev–Trinajstić information content (AvgIpc) is 3.26. The van der Waals surface area contributed by atoms with Crippen molar-refractivity contribution in [3.63, 3.8) is 0 Å². The summed E-state index contributed by atoms with van der Waals surface area (Å²) >= 11 is 0. The van der Waals surface area contributed by atoms with Gasteiger partial charge in [0.2, 0.25) is 0 Å². The number of fused-ring (bicyclic) bond motifs is 1. The second kappa shape index (κ2) is 7.21. The number of hydrogen-bond acceptors (Lipinski definition) is 7. The number of esters is 1. The van der Waals surface area contributed by atoms with Crippen LogP contribution in [0.1, 0.15) is 71.8 Å². The fourth-order valence-corrected chi connectivity index (χ4v) is 4.66. The SMILES string of the molecule is CCn1ncc2c(NC3CC(C(=O)OC(C)(C)C)C3)c(C3=NOC4(CCC4)C3)cnc21. The summed E-state index contributed by atoms with van der Waals surface area (Å²) in [5.41, 5.74) is 3.22. The summed E-state index contributed by atoms with van der Waals surface area (Å²) in [5, 5.41) is 13.6. The minimum atomic E-state index is -0.452. The summed E-state index contributed by atoms with van der Waals surface area (Å²) in [6.07, 6.45) is 9.42. The maximum Gasteiger partial charge on any atom is 0.309 e. The Labute approximate surface area is 182 Å². The first-order chi connectivity index (χ1) is 14.8. The predicted molar refractivity (Wildman–Crippen MR) is 118 cm³/mol. The van der Waals surface area contributed by atoms with Crippen molar-refractivity contribution in [2.75, 3.05) is 5.32 Å². The highest BCUT2D eigenvalue weighted by molar-refractivity contribution is 6.10. The van der Waals surface area contributed by atoms with E-state index in [9.17, 15) is 4.79 Å². The van der Waals surface area contributed by atoms with E-state index >= 15 is 0 Å². The van der Waals surface area contributed by atoms with Crippen molar-refractivity contribution < 1.29 is 14.4 Å². The van der Waals surface area contributed by atoms with Crippen molar-refractivity contribution >= 4 is 28.4 Å². The summed E-state index contributed by atoms with van der Waals surface area (Å²) in [6.45, 7) is 8.53. The Morgan fingerprint density at radius 1 is 1.32 bits per heavy atom. The summed E-state index contributed by atoms with van der Waals surface area (Å²) in [6, 6.07) is 0.201. The topological polar surface area (TPSA) is 90.6 Å². The summed E-state index contributed by atoms with van der Waals surface area (Å²) in [4.78, 5) is 22.9. The summed E-state index contributed by atoms with van der Waals surface area (Å²) in [7, 11) is 0.